The molecule has 0 radical (unpaired) electrons. The summed E-state index contributed by atoms with van der Waals surface area (Å²) in [4.78, 5) is 4.10. The molecule has 0 unspecified atom stereocenters. The van der Waals surface area contributed by atoms with Gasteiger partial charge in [-0.25, -0.2) is 8.42 Å². The van der Waals surface area contributed by atoms with Gasteiger partial charge in [0.2, 0.25) is 0 Å². The third-order valence-electron chi connectivity index (χ3n) is 4.44. The van der Waals surface area contributed by atoms with Crippen LogP contribution in [0.15, 0.2) is 11.3 Å². The number of sulfonamides is 1. The van der Waals surface area contributed by atoms with Crippen LogP contribution >= 0.6 is 0 Å². The molecule has 27 heavy (non-hydrogen) atoms. The minimum atomic E-state index is -5.25. The first-order valence-corrected chi connectivity index (χ1v) is 10.0. The van der Waals surface area contributed by atoms with E-state index in [9.17, 15) is 21.6 Å². The number of piperidine rings is 1. The average molecular weight is 411 g/mol. The third-order valence-corrected chi connectivity index (χ3v) is 6.07. The number of hydrogen-bond donors (Lipinski definition) is 2. The highest BCUT2D eigenvalue weighted by Crippen LogP contribution is 2.30. The van der Waals surface area contributed by atoms with E-state index >= 15 is 0 Å². The van der Waals surface area contributed by atoms with Crippen LogP contribution in [-0.4, -0.2) is 65.6 Å². The molecule has 1 fully saturated rings. The van der Waals surface area contributed by atoms with Gasteiger partial charge in [0.25, 0.3) is 0 Å². The van der Waals surface area contributed by atoms with E-state index < -0.39 is 15.5 Å². The van der Waals surface area contributed by atoms with Gasteiger partial charge in [-0.05, 0) is 25.7 Å². The summed E-state index contributed by atoms with van der Waals surface area (Å²) in [5.74, 6) is 1.35. The normalized spacial score (nSPS) is 17.9. The predicted octanol–water partition coefficient (Wildman–Crippen LogP) is 0.525. The first-order valence-electron chi connectivity index (χ1n) is 8.56. The molecule has 0 aromatic carbocycles. The molecule has 1 aromatic rings. The number of guanidine groups is 1. The van der Waals surface area contributed by atoms with Gasteiger partial charge in [-0.2, -0.15) is 17.5 Å². The Labute approximate surface area is 156 Å². The number of aryl methyl sites for hydroxylation is 1. The van der Waals surface area contributed by atoms with Crippen molar-refractivity contribution < 1.29 is 21.6 Å². The smallest absolute Gasteiger partial charge is 0.356 e. The van der Waals surface area contributed by atoms with Crippen molar-refractivity contribution in [3.05, 3.63) is 12.2 Å². The lowest BCUT2D eigenvalue weighted by atomic mass is 9.98. The van der Waals surface area contributed by atoms with Gasteiger partial charge in [0.15, 0.2) is 11.8 Å². The summed E-state index contributed by atoms with van der Waals surface area (Å²) < 4.78 is 63.0. The molecule has 9 nitrogen and oxygen atoms in total. The minimum absolute atomic E-state index is 0.0579. The Balaban J connectivity index is 1.78. The van der Waals surface area contributed by atoms with Crippen LogP contribution in [0.4, 0.5) is 13.2 Å². The fraction of sp³-hybridized carbons (Fsp3) is 0.786. The molecule has 1 aliphatic rings. The molecule has 2 heterocycles. The van der Waals surface area contributed by atoms with Gasteiger partial charge in [-0.1, -0.05) is 0 Å². The van der Waals surface area contributed by atoms with Gasteiger partial charge in [0, 0.05) is 33.2 Å². The van der Waals surface area contributed by atoms with Gasteiger partial charge >= 0.3 is 15.5 Å². The van der Waals surface area contributed by atoms with E-state index in [2.05, 4.69) is 25.8 Å². The number of aromatic nitrogens is 3. The molecule has 0 atom stereocenters. The maximum atomic E-state index is 12.6. The van der Waals surface area contributed by atoms with E-state index in [4.69, 9.17) is 0 Å². The molecular formula is C14H24F3N7O2S. The zero-order valence-electron chi connectivity index (χ0n) is 15.2. The minimum Gasteiger partial charge on any atom is -0.356 e. The van der Waals surface area contributed by atoms with E-state index in [0.29, 0.717) is 36.2 Å². The number of halogens is 3. The molecule has 0 bridgehead atoms. The Morgan fingerprint density at radius 3 is 2.56 bits per heavy atom. The highest BCUT2D eigenvalue weighted by atomic mass is 32.2. The van der Waals surface area contributed by atoms with Crippen LogP contribution in [0.3, 0.4) is 0 Å². The Hall–Kier alpha value is -1.89. The first kappa shape index (κ1) is 21.4. The summed E-state index contributed by atoms with van der Waals surface area (Å²) in [5, 5.41) is 14.1. The monoisotopic (exact) mass is 411 g/mol. The standard InChI is InChI=1S/C14H24F3N7O2S/c1-3-23-10-21-22-12(23)9-20-13(18-2)19-8-11-4-6-24(7-5-11)27(25,26)14(15,16)17/h10-11H,3-9H2,1-2H3,(H2,18,19,20). The zero-order valence-corrected chi connectivity index (χ0v) is 16.0. The van der Waals surface area contributed by atoms with Crippen molar-refractivity contribution in [3.8, 4) is 0 Å². The predicted molar refractivity (Wildman–Crippen MR) is 93.2 cm³/mol. The average Bonchev–Trinajstić information content (AvgIpc) is 3.09. The van der Waals surface area contributed by atoms with Crippen molar-refractivity contribution in [1.29, 1.82) is 0 Å². The number of hydrogen-bond acceptors (Lipinski definition) is 5. The van der Waals surface area contributed by atoms with E-state index in [-0.39, 0.29) is 19.0 Å². The summed E-state index contributed by atoms with van der Waals surface area (Å²) in [6.07, 6.45) is 2.34. The van der Waals surface area contributed by atoms with Crippen LogP contribution in [0.1, 0.15) is 25.6 Å². The first-order chi connectivity index (χ1) is 12.7. The second-order valence-electron chi connectivity index (χ2n) is 6.13. The molecule has 1 aliphatic heterocycles. The van der Waals surface area contributed by atoms with Gasteiger partial charge in [0.05, 0.1) is 6.54 Å². The largest absolute Gasteiger partial charge is 0.511 e. The van der Waals surface area contributed by atoms with Gasteiger partial charge in [-0.15, -0.1) is 10.2 Å². The molecule has 0 amide bonds. The maximum absolute atomic E-state index is 12.6. The SMILES string of the molecule is CCn1cnnc1CNC(=NC)NCC1CCN(S(=O)(=O)C(F)(F)F)CC1. The molecule has 1 saturated heterocycles. The van der Waals surface area contributed by atoms with Crippen molar-refractivity contribution in [2.24, 2.45) is 10.9 Å². The van der Waals surface area contributed by atoms with Crippen LogP contribution in [0, 0.1) is 5.92 Å². The van der Waals surface area contributed by atoms with E-state index in [1.54, 1.807) is 13.4 Å². The topological polar surface area (TPSA) is 105 Å². The number of nitrogens with zero attached hydrogens (tertiary/aromatic N) is 5. The van der Waals surface area contributed by atoms with Crippen molar-refractivity contribution in [2.75, 3.05) is 26.7 Å². The molecule has 1 aromatic heterocycles. The van der Waals surface area contributed by atoms with Crippen LogP contribution in [0.25, 0.3) is 0 Å². The molecule has 13 heteroatoms. The summed E-state index contributed by atoms with van der Waals surface area (Å²) in [5.41, 5.74) is -5.25. The molecular weight excluding hydrogens is 387 g/mol. The molecule has 154 valence electrons. The molecule has 0 spiro atoms. The number of alkyl halides is 3. The Kier molecular flexibility index (Phi) is 7.03. The number of rotatable bonds is 6. The van der Waals surface area contributed by atoms with Crippen LogP contribution < -0.4 is 10.6 Å². The lowest BCUT2D eigenvalue weighted by Crippen LogP contribution is -2.47. The summed E-state index contributed by atoms with van der Waals surface area (Å²) in [6, 6.07) is 0. The quantitative estimate of drug-likeness (QED) is 0.523. The molecule has 0 aliphatic carbocycles. The molecule has 2 rings (SSSR count). The highest BCUT2D eigenvalue weighted by Gasteiger charge is 2.50. The summed E-state index contributed by atoms with van der Waals surface area (Å²) >= 11 is 0. The van der Waals surface area contributed by atoms with E-state index in [1.807, 2.05) is 11.5 Å². The van der Waals surface area contributed by atoms with E-state index in [1.165, 1.54) is 0 Å². The highest BCUT2D eigenvalue weighted by molar-refractivity contribution is 7.90. The summed E-state index contributed by atoms with van der Waals surface area (Å²) in [7, 11) is -3.63. The number of aliphatic imine (C=N–C) groups is 1. The van der Waals surface area contributed by atoms with Crippen molar-refractivity contribution in [2.45, 2.75) is 38.4 Å². The van der Waals surface area contributed by atoms with Crippen LogP contribution in [0.5, 0.6) is 0 Å². The maximum Gasteiger partial charge on any atom is 0.511 e. The van der Waals surface area contributed by atoms with Crippen molar-refractivity contribution in [3.63, 3.8) is 0 Å². The van der Waals surface area contributed by atoms with Gasteiger partial charge < -0.3 is 15.2 Å². The van der Waals surface area contributed by atoms with Gasteiger partial charge in [0.1, 0.15) is 6.33 Å². The Morgan fingerprint density at radius 1 is 1.33 bits per heavy atom. The van der Waals surface area contributed by atoms with Crippen molar-refractivity contribution >= 4 is 16.0 Å². The fourth-order valence-corrected chi connectivity index (χ4v) is 3.79. The van der Waals surface area contributed by atoms with Gasteiger partial charge in [-0.3, -0.25) is 4.99 Å². The fourth-order valence-electron chi connectivity index (χ4n) is 2.80. The lowest BCUT2D eigenvalue weighted by molar-refractivity contribution is -0.0496. The lowest BCUT2D eigenvalue weighted by Gasteiger charge is -2.31. The third kappa shape index (κ3) is 5.31. The van der Waals surface area contributed by atoms with Crippen molar-refractivity contribution in [1.82, 2.24) is 29.7 Å². The Morgan fingerprint density at radius 2 is 2.00 bits per heavy atom. The number of nitrogens with one attached hydrogen (secondary N) is 2. The second-order valence-corrected chi connectivity index (χ2v) is 8.06. The molecule has 2 N–H and O–H groups in total. The summed E-state index contributed by atoms with van der Waals surface area (Å²) in [6.45, 7) is 3.36. The zero-order chi connectivity index (χ0) is 20.1. The second kappa shape index (κ2) is 8.87. The van der Waals surface area contributed by atoms with Crippen LogP contribution in [-0.2, 0) is 23.1 Å². The molecule has 0 saturated carbocycles. The van der Waals surface area contributed by atoms with E-state index in [0.717, 1.165) is 12.4 Å². The Bertz CT molecular complexity index is 740. The van der Waals surface area contributed by atoms with Crippen LogP contribution in [0.2, 0.25) is 0 Å².